The number of hydrogen-bond donors (Lipinski definition) is 0. The number of furan rings is 2. The van der Waals surface area contributed by atoms with Crippen LogP contribution in [-0.4, -0.2) is 0 Å². The smallest absolute Gasteiger partial charge is 0.178 e. The predicted octanol–water partition coefficient (Wildman–Crippen LogP) is 15.6. The van der Waals surface area contributed by atoms with Gasteiger partial charge in [0.25, 0.3) is 0 Å². The Hall–Kier alpha value is -7.42. The lowest BCUT2D eigenvalue weighted by Crippen LogP contribution is -1.91. The van der Waals surface area contributed by atoms with Crippen molar-refractivity contribution < 1.29 is 8.83 Å². The molecule has 56 heavy (non-hydrogen) atoms. The molecule has 0 aliphatic rings. The van der Waals surface area contributed by atoms with Gasteiger partial charge in [-0.15, -0.1) is 0 Å². The van der Waals surface area contributed by atoms with Gasteiger partial charge in [-0.05, 0) is 107 Å². The molecule has 0 aliphatic heterocycles. The highest BCUT2D eigenvalue weighted by Crippen LogP contribution is 2.45. The number of benzene rings is 10. The van der Waals surface area contributed by atoms with Gasteiger partial charge < -0.3 is 8.83 Å². The molecule has 0 saturated heterocycles. The van der Waals surface area contributed by atoms with Gasteiger partial charge in [-0.25, -0.2) is 0 Å². The van der Waals surface area contributed by atoms with E-state index in [2.05, 4.69) is 176 Å². The van der Waals surface area contributed by atoms with Crippen LogP contribution in [0.5, 0.6) is 0 Å². The molecule has 0 radical (unpaired) electrons. The fourth-order valence-electron chi connectivity index (χ4n) is 9.07. The number of fused-ring (bicyclic) bond motifs is 10. The van der Waals surface area contributed by atoms with E-state index in [4.69, 9.17) is 8.83 Å². The maximum atomic E-state index is 6.43. The molecule has 0 atom stereocenters. The van der Waals surface area contributed by atoms with E-state index in [1.165, 1.54) is 65.7 Å². The van der Waals surface area contributed by atoms with Gasteiger partial charge in [0.2, 0.25) is 0 Å². The maximum Gasteiger partial charge on any atom is 0.178 e. The highest BCUT2D eigenvalue weighted by atomic mass is 16.4. The van der Waals surface area contributed by atoms with Gasteiger partial charge >= 0.3 is 0 Å². The summed E-state index contributed by atoms with van der Waals surface area (Å²) in [4.78, 5) is 0. The molecular weight excluding hydrogens is 681 g/mol. The fourth-order valence-corrected chi connectivity index (χ4v) is 9.07. The number of hydrogen-bond acceptors (Lipinski definition) is 2. The molecule has 0 N–H and O–H groups in total. The van der Waals surface area contributed by atoms with Crippen molar-refractivity contribution in [1.82, 2.24) is 0 Å². The van der Waals surface area contributed by atoms with Crippen molar-refractivity contribution in [1.29, 1.82) is 0 Å². The molecule has 2 aromatic heterocycles. The standard InChI is InChI=1S/C54H32O2/c1-2-12-39-34(10-1)11-9-18-40(39)35-22-26-37(27-23-35)52-44-16-5-3-14-42(44)51(43-15-4-6-17-45(43)52)36-24-20-33(21-25-36)38-28-31-50-48(32-38)47-30-29-46-41-13-7-8-19-49(41)55-53(46)54(47)56-50/h1-32H. The van der Waals surface area contributed by atoms with E-state index < -0.39 is 0 Å². The first kappa shape index (κ1) is 31.0. The minimum absolute atomic E-state index is 0.796. The minimum Gasteiger partial charge on any atom is -0.452 e. The highest BCUT2D eigenvalue weighted by molar-refractivity contribution is 6.22. The second-order valence-electron chi connectivity index (χ2n) is 14.8. The SMILES string of the molecule is c1ccc2c(-c3ccc(-c4c5ccccc5c(-c5ccc(-c6ccc7oc8c(ccc9c%10ccccc%10oc98)c7c6)cc5)c5ccccc45)cc3)cccc2c1. The highest BCUT2D eigenvalue weighted by Gasteiger charge is 2.19. The van der Waals surface area contributed by atoms with Gasteiger partial charge in [-0.1, -0.05) is 164 Å². The van der Waals surface area contributed by atoms with Crippen LogP contribution in [0, 0.1) is 0 Å². The van der Waals surface area contributed by atoms with Gasteiger partial charge in [-0.3, -0.25) is 0 Å². The minimum atomic E-state index is 0.796. The van der Waals surface area contributed by atoms with Crippen molar-refractivity contribution >= 4 is 76.2 Å². The average Bonchev–Trinajstić information content (AvgIpc) is 3.84. The molecule has 2 heteroatoms. The van der Waals surface area contributed by atoms with Crippen LogP contribution < -0.4 is 0 Å². The Labute approximate surface area is 322 Å². The van der Waals surface area contributed by atoms with Crippen molar-refractivity contribution in [2.24, 2.45) is 0 Å². The molecule has 0 bridgehead atoms. The summed E-state index contributed by atoms with van der Waals surface area (Å²) in [6, 6.07) is 70.1. The molecule has 0 saturated carbocycles. The number of para-hydroxylation sites is 1. The van der Waals surface area contributed by atoms with Gasteiger partial charge in [0.15, 0.2) is 11.2 Å². The van der Waals surface area contributed by atoms with E-state index >= 15 is 0 Å². The van der Waals surface area contributed by atoms with E-state index in [9.17, 15) is 0 Å². The van der Waals surface area contributed by atoms with E-state index in [0.29, 0.717) is 0 Å². The third-order valence-corrected chi connectivity index (χ3v) is 11.7. The van der Waals surface area contributed by atoms with Crippen LogP contribution in [0.4, 0.5) is 0 Å². The van der Waals surface area contributed by atoms with Crippen LogP contribution >= 0.6 is 0 Å². The Balaban J connectivity index is 0.956. The summed E-state index contributed by atoms with van der Waals surface area (Å²) < 4.78 is 12.7. The molecule has 0 unspecified atom stereocenters. The van der Waals surface area contributed by atoms with Gasteiger partial charge in [0, 0.05) is 21.5 Å². The van der Waals surface area contributed by atoms with Gasteiger partial charge in [-0.2, -0.15) is 0 Å². The third kappa shape index (κ3) is 4.63. The summed E-state index contributed by atoms with van der Waals surface area (Å²) in [5, 5.41) is 11.8. The summed E-state index contributed by atoms with van der Waals surface area (Å²) in [5.41, 5.74) is 13.0. The zero-order valence-corrected chi connectivity index (χ0v) is 30.3. The molecule has 12 rings (SSSR count). The van der Waals surface area contributed by atoms with Gasteiger partial charge in [0.1, 0.15) is 11.2 Å². The molecule has 10 aromatic carbocycles. The Morgan fingerprint density at radius 2 is 0.696 bits per heavy atom. The third-order valence-electron chi connectivity index (χ3n) is 11.7. The van der Waals surface area contributed by atoms with E-state index in [0.717, 1.165) is 55.0 Å². The van der Waals surface area contributed by atoms with Crippen LogP contribution in [0.2, 0.25) is 0 Å². The molecule has 0 fully saturated rings. The molecule has 2 nitrogen and oxygen atoms in total. The maximum absolute atomic E-state index is 6.43. The summed E-state index contributed by atoms with van der Waals surface area (Å²) >= 11 is 0. The summed E-state index contributed by atoms with van der Waals surface area (Å²) in [5.74, 6) is 0. The second kappa shape index (κ2) is 12.0. The topological polar surface area (TPSA) is 26.3 Å². The Morgan fingerprint density at radius 1 is 0.250 bits per heavy atom. The average molecular weight is 713 g/mol. The zero-order valence-electron chi connectivity index (χ0n) is 30.3. The fraction of sp³-hybridized carbons (Fsp3) is 0. The lowest BCUT2D eigenvalue weighted by atomic mass is 9.85. The molecule has 12 aromatic rings. The molecule has 0 amide bonds. The Bertz CT molecular complexity index is 3450. The summed E-state index contributed by atoms with van der Waals surface area (Å²) in [6.45, 7) is 0. The number of rotatable bonds is 4. The lowest BCUT2D eigenvalue weighted by molar-refractivity contribution is 0.633. The Morgan fingerprint density at radius 3 is 1.32 bits per heavy atom. The molecule has 260 valence electrons. The van der Waals surface area contributed by atoms with Crippen molar-refractivity contribution in [3.8, 4) is 44.5 Å². The monoisotopic (exact) mass is 712 g/mol. The van der Waals surface area contributed by atoms with Gasteiger partial charge in [0.05, 0.1) is 0 Å². The first-order valence-electron chi connectivity index (χ1n) is 19.2. The van der Waals surface area contributed by atoms with Crippen LogP contribution in [0.15, 0.2) is 203 Å². The van der Waals surface area contributed by atoms with E-state index in [1.807, 2.05) is 18.2 Å². The van der Waals surface area contributed by atoms with Crippen molar-refractivity contribution in [3.63, 3.8) is 0 Å². The van der Waals surface area contributed by atoms with Crippen molar-refractivity contribution in [2.45, 2.75) is 0 Å². The second-order valence-corrected chi connectivity index (χ2v) is 14.8. The van der Waals surface area contributed by atoms with E-state index in [1.54, 1.807) is 0 Å². The Kier molecular flexibility index (Phi) is 6.66. The molecular formula is C54H32O2. The van der Waals surface area contributed by atoms with Crippen LogP contribution in [-0.2, 0) is 0 Å². The quantitative estimate of drug-likeness (QED) is 0.170. The largest absolute Gasteiger partial charge is 0.452 e. The van der Waals surface area contributed by atoms with Crippen molar-refractivity contribution in [3.05, 3.63) is 194 Å². The molecule has 0 spiro atoms. The van der Waals surface area contributed by atoms with E-state index in [-0.39, 0.29) is 0 Å². The normalized spacial score (nSPS) is 11.9. The van der Waals surface area contributed by atoms with Crippen LogP contribution in [0.25, 0.3) is 121 Å². The summed E-state index contributed by atoms with van der Waals surface area (Å²) in [6.07, 6.45) is 0. The first-order chi connectivity index (χ1) is 27.8. The van der Waals surface area contributed by atoms with Crippen LogP contribution in [0.3, 0.4) is 0 Å². The molecule has 2 heterocycles. The molecule has 0 aliphatic carbocycles. The van der Waals surface area contributed by atoms with Crippen LogP contribution in [0.1, 0.15) is 0 Å². The summed E-state index contributed by atoms with van der Waals surface area (Å²) in [7, 11) is 0. The van der Waals surface area contributed by atoms with Crippen molar-refractivity contribution in [2.75, 3.05) is 0 Å². The first-order valence-corrected chi connectivity index (χ1v) is 19.2. The lowest BCUT2D eigenvalue weighted by Gasteiger charge is -2.18. The zero-order chi connectivity index (χ0) is 36.7. The predicted molar refractivity (Wildman–Crippen MR) is 235 cm³/mol.